The van der Waals surface area contributed by atoms with Gasteiger partial charge in [-0.1, -0.05) is 19.1 Å². The van der Waals surface area contributed by atoms with Gasteiger partial charge in [-0.15, -0.1) is 0 Å². The van der Waals surface area contributed by atoms with Crippen LogP contribution in [0.2, 0.25) is 0 Å². The minimum absolute atomic E-state index is 0.868. The van der Waals surface area contributed by atoms with Gasteiger partial charge in [0.15, 0.2) is 0 Å². The first-order valence-corrected chi connectivity index (χ1v) is 6.14. The lowest BCUT2D eigenvalue weighted by Gasteiger charge is -2.22. The second-order valence-corrected chi connectivity index (χ2v) is 4.49. The van der Waals surface area contributed by atoms with Crippen LogP contribution in [0.4, 0.5) is 5.69 Å². The Morgan fingerprint density at radius 2 is 2.29 bits per heavy atom. The summed E-state index contributed by atoms with van der Waals surface area (Å²) in [6, 6.07) is 2.08. The Kier molecular flexibility index (Phi) is 5.70. The van der Waals surface area contributed by atoms with Crippen molar-refractivity contribution < 1.29 is 0 Å². The van der Waals surface area contributed by atoms with Crippen molar-refractivity contribution in [2.45, 2.75) is 26.8 Å². The fourth-order valence-electron chi connectivity index (χ4n) is 1.80. The molecule has 0 amide bonds. The van der Waals surface area contributed by atoms with Crippen LogP contribution in [0.1, 0.15) is 25.8 Å². The van der Waals surface area contributed by atoms with Gasteiger partial charge in [-0.2, -0.15) is 0 Å². The lowest BCUT2D eigenvalue weighted by Crippen LogP contribution is -2.23. The van der Waals surface area contributed by atoms with Crippen LogP contribution in [-0.4, -0.2) is 25.1 Å². The summed E-state index contributed by atoms with van der Waals surface area (Å²) in [6.07, 6.45) is 4.93. The fourth-order valence-corrected chi connectivity index (χ4v) is 1.80. The molecule has 0 aliphatic rings. The zero-order chi connectivity index (χ0) is 12.7. The molecule has 0 aliphatic heterocycles. The molecule has 1 rings (SSSR count). The molecule has 0 saturated heterocycles. The quantitative estimate of drug-likeness (QED) is 0.579. The molecule has 1 aromatic rings. The van der Waals surface area contributed by atoms with E-state index >= 15 is 0 Å². The van der Waals surface area contributed by atoms with Gasteiger partial charge in [0.05, 0.1) is 11.9 Å². The van der Waals surface area contributed by atoms with Crippen molar-refractivity contribution in [2.24, 2.45) is 0 Å². The van der Waals surface area contributed by atoms with Crippen molar-refractivity contribution in [3.8, 4) is 0 Å². The van der Waals surface area contributed by atoms with Crippen LogP contribution in [-0.2, 0) is 6.54 Å². The summed E-state index contributed by atoms with van der Waals surface area (Å²) in [7, 11) is 2.08. The Labute approximate surface area is 105 Å². The SMILES string of the molecule is C=C(C)CN(C)c1cnccc1CNCCC. The number of aromatic nitrogens is 1. The van der Waals surface area contributed by atoms with Crippen LogP contribution in [0.3, 0.4) is 0 Å². The van der Waals surface area contributed by atoms with E-state index in [9.17, 15) is 0 Å². The van der Waals surface area contributed by atoms with Gasteiger partial charge in [-0.3, -0.25) is 4.98 Å². The van der Waals surface area contributed by atoms with Gasteiger partial charge < -0.3 is 10.2 Å². The van der Waals surface area contributed by atoms with Gasteiger partial charge in [0.1, 0.15) is 0 Å². The molecular weight excluding hydrogens is 210 g/mol. The van der Waals surface area contributed by atoms with E-state index in [4.69, 9.17) is 0 Å². The Hall–Kier alpha value is -1.35. The van der Waals surface area contributed by atoms with Crippen molar-refractivity contribution >= 4 is 5.69 Å². The Balaban J connectivity index is 2.72. The predicted molar refractivity (Wildman–Crippen MR) is 74.3 cm³/mol. The maximum atomic E-state index is 4.20. The number of anilines is 1. The van der Waals surface area contributed by atoms with E-state index in [1.54, 1.807) is 0 Å². The van der Waals surface area contributed by atoms with Crippen LogP contribution in [0, 0.1) is 0 Å². The summed E-state index contributed by atoms with van der Waals surface area (Å²) in [5, 5.41) is 3.42. The third kappa shape index (κ3) is 4.57. The molecule has 3 heteroatoms. The fraction of sp³-hybridized carbons (Fsp3) is 0.500. The van der Waals surface area contributed by atoms with Crippen molar-refractivity contribution in [3.63, 3.8) is 0 Å². The Morgan fingerprint density at radius 3 is 2.94 bits per heavy atom. The molecule has 0 fully saturated rings. The van der Waals surface area contributed by atoms with Crippen LogP contribution < -0.4 is 10.2 Å². The average molecular weight is 233 g/mol. The van der Waals surface area contributed by atoms with E-state index in [1.807, 2.05) is 19.3 Å². The zero-order valence-corrected chi connectivity index (χ0v) is 11.2. The first-order chi connectivity index (χ1) is 8.15. The summed E-state index contributed by atoms with van der Waals surface area (Å²) < 4.78 is 0. The highest BCUT2D eigenvalue weighted by Gasteiger charge is 2.06. The summed E-state index contributed by atoms with van der Waals surface area (Å²) in [4.78, 5) is 6.40. The summed E-state index contributed by atoms with van der Waals surface area (Å²) in [5.74, 6) is 0. The molecular formula is C14H23N3. The van der Waals surface area contributed by atoms with Crippen molar-refractivity contribution in [3.05, 3.63) is 36.2 Å². The van der Waals surface area contributed by atoms with Gasteiger partial charge in [-0.05, 0) is 31.5 Å². The molecule has 0 bridgehead atoms. The molecule has 0 aromatic carbocycles. The number of rotatable bonds is 7. The molecule has 1 heterocycles. The number of pyridine rings is 1. The number of nitrogens with one attached hydrogen (secondary N) is 1. The van der Waals surface area contributed by atoms with E-state index in [-0.39, 0.29) is 0 Å². The number of likely N-dealkylation sites (N-methyl/N-ethyl adjacent to an activating group) is 1. The van der Waals surface area contributed by atoms with Gasteiger partial charge >= 0.3 is 0 Å². The zero-order valence-electron chi connectivity index (χ0n) is 11.2. The molecule has 3 nitrogen and oxygen atoms in total. The summed E-state index contributed by atoms with van der Waals surface area (Å²) in [5.41, 5.74) is 3.63. The molecule has 0 unspecified atom stereocenters. The molecule has 0 atom stereocenters. The topological polar surface area (TPSA) is 28.2 Å². The molecule has 1 N–H and O–H groups in total. The Morgan fingerprint density at radius 1 is 1.53 bits per heavy atom. The second kappa shape index (κ2) is 7.07. The van der Waals surface area contributed by atoms with Gasteiger partial charge in [-0.25, -0.2) is 0 Å². The van der Waals surface area contributed by atoms with Crippen molar-refractivity contribution in [1.82, 2.24) is 10.3 Å². The molecule has 17 heavy (non-hydrogen) atoms. The first-order valence-electron chi connectivity index (χ1n) is 6.14. The van der Waals surface area contributed by atoms with E-state index in [1.165, 1.54) is 11.3 Å². The van der Waals surface area contributed by atoms with Crippen LogP contribution in [0.5, 0.6) is 0 Å². The highest BCUT2D eigenvalue weighted by molar-refractivity contribution is 5.51. The molecule has 0 radical (unpaired) electrons. The van der Waals surface area contributed by atoms with Gasteiger partial charge in [0, 0.05) is 26.3 Å². The highest BCUT2D eigenvalue weighted by Crippen LogP contribution is 2.18. The lowest BCUT2D eigenvalue weighted by molar-refractivity contribution is 0.673. The van der Waals surface area contributed by atoms with Crippen molar-refractivity contribution in [2.75, 3.05) is 25.0 Å². The van der Waals surface area contributed by atoms with Crippen LogP contribution in [0.25, 0.3) is 0 Å². The maximum Gasteiger partial charge on any atom is 0.0598 e. The third-order valence-electron chi connectivity index (χ3n) is 2.55. The molecule has 0 spiro atoms. The average Bonchev–Trinajstić information content (AvgIpc) is 2.29. The molecule has 94 valence electrons. The number of hydrogen-bond acceptors (Lipinski definition) is 3. The van der Waals surface area contributed by atoms with E-state index in [0.717, 1.165) is 31.6 Å². The third-order valence-corrected chi connectivity index (χ3v) is 2.55. The molecule has 1 aromatic heterocycles. The standard InChI is InChI=1S/C14H23N3/c1-5-7-15-9-13-6-8-16-10-14(13)17(4)11-12(2)3/h6,8,10,15H,2,5,7,9,11H2,1,3-4H3. The monoisotopic (exact) mass is 233 g/mol. The van der Waals surface area contributed by atoms with Gasteiger partial charge in [0.25, 0.3) is 0 Å². The number of nitrogens with zero attached hydrogens (tertiary/aromatic N) is 2. The predicted octanol–water partition coefficient (Wildman–Crippen LogP) is 2.59. The molecule has 0 aliphatic carbocycles. The van der Waals surface area contributed by atoms with E-state index in [2.05, 4.69) is 41.8 Å². The highest BCUT2D eigenvalue weighted by atomic mass is 15.1. The van der Waals surface area contributed by atoms with Crippen LogP contribution >= 0.6 is 0 Å². The molecule has 0 saturated carbocycles. The summed E-state index contributed by atoms with van der Waals surface area (Å²) >= 11 is 0. The smallest absolute Gasteiger partial charge is 0.0598 e. The number of hydrogen-bond donors (Lipinski definition) is 1. The maximum absolute atomic E-state index is 4.20. The summed E-state index contributed by atoms with van der Waals surface area (Å²) in [6.45, 7) is 11.0. The Bertz CT molecular complexity index is 360. The van der Waals surface area contributed by atoms with Crippen molar-refractivity contribution in [1.29, 1.82) is 0 Å². The van der Waals surface area contributed by atoms with E-state index in [0.29, 0.717) is 0 Å². The van der Waals surface area contributed by atoms with Gasteiger partial charge in [0.2, 0.25) is 0 Å². The second-order valence-electron chi connectivity index (χ2n) is 4.49. The normalized spacial score (nSPS) is 10.3. The van der Waals surface area contributed by atoms with Crippen LogP contribution in [0.15, 0.2) is 30.6 Å². The minimum atomic E-state index is 0.868. The first kappa shape index (κ1) is 13.7. The lowest BCUT2D eigenvalue weighted by atomic mass is 10.2. The largest absolute Gasteiger partial charge is 0.369 e. The van der Waals surface area contributed by atoms with E-state index < -0.39 is 0 Å². The minimum Gasteiger partial charge on any atom is -0.369 e.